The predicted octanol–water partition coefficient (Wildman–Crippen LogP) is 0.421. The van der Waals surface area contributed by atoms with Gasteiger partial charge < -0.3 is 19.2 Å². The van der Waals surface area contributed by atoms with E-state index in [0.29, 0.717) is 31.0 Å². The number of furan rings is 1. The lowest BCUT2D eigenvalue weighted by Crippen LogP contribution is -2.46. The van der Waals surface area contributed by atoms with Crippen LogP contribution in [0.2, 0.25) is 0 Å². The molecule has 5 nitrogen and oxygen atoms in total. The number of aliphatic hydroxyl groups is 1. The van der Waals surface area contributed by atoms with Crippen molar-refractivity contribution in [3.63, 3.8) is 0 Å². The van der Waals surface area contributed by atoms with E-state index in [-0.39, 0.29) is 18.6 Å². The van der Waals surface area contributed by atoms with Crippen LogP contribution in [0.25, 0.3) is 0 Å². The van der Waals surface area contributed by atoms with E-state index in [2.05, 4.69) is 0 Å². The second-order valence-corrected chi connectivity index (χ2v) is 3.82. The molecule has 88 valence electrons. The van der Waals surface area contributed by atoms with Crippen molar-refractivity contribution in [3.05, 3.63) is 23.7 Å². The fourth-order valence-electron chi connectivity index (χ4n) is 1.79. The zero-order valence-corrected chi connectivity index (χ0v) is 9.18. The van der Waals surface area contributed by atoms with Crippen LogP contribution in [-0.4, -0.2) is 48.3 Å². The molecule has 0 saturated carbocycles. The normalized spacial score (nSPS) is 21.1. The van der Waals surface area contributed by atoms with E-state index in [4.69, 9.17) is 14.3 Å². The monoisotopic (exact) mass is 225 g/mol. The number of aliphatic hydroxyl groups excluding tert-OH is 1. The first-order valence-electron chi connectivity index (χ1n) is 5.28. The molecule has 0 bridgehead atoms. The Hall–Kier alpha value is -1.33. The molecule has 1 aromatic rings. The molecule has 1 aromatic heterocycles. The Morgan fingerprint density at radius 1 is 1.69 bits per heavy atom. The summed E-state index contributed by atoms with van der Waals surface area (Å²) in [7, 11) is 0. The van der Waals surface area contributed by atoms with Gasteiger partial charge in [0, 0.05) is 13.1 Å². The quantitative estimate of drug-likeness (QED) is 0.792. The number of nitrogens with zero attached hydrogens (tertiary/aromatic N) is 1. The maximum absolute atomic E-state index is 12.1. The standard InChI is InChI=1S/C11H15NO4/c1-8-10(2-4-15-8)11(14)12-3-5-16-9(6-12)7-13/h2,4,9,13H,3,5-7H2,1H3. The lowest BCUT2D eigenvalue weighted by molar-refractivity contribution is -0.0447. The number of amides is 1. The fraction of sp³-hybridized carbons (Fsp3) is 0.545. The third kappa shape index (κ3) is 2.10. The number of rotatable bonds is 2. The number of hydrogen-bond acceptors (Lipinski definition) is 4. The summed E-state index contributed by atoms with van der Waals surface area (Å²) in [5.41, 5.74) is 0.582. The van der Waals surface area contributed by atoms with Gasteiger partial charge in [-0.2, -0.15) is 0 Å². The van der Waals surface area contributed by atoms with Crippen molar-refractivity contribution in [1.29, 1.82) is 0 Å². The number of ether oxygens (including phenoxy) is 1. The molecule has 0 aliphatic carbocycles. The number of morpholine rings is 1. The van der Waals surface area contributed by atoms with E-state index in [9.17, 15) is 4.79 Å². The Morgan fingerprint density at radius 2 is 2.50 bits per heavy atom. The summed E-state index contributed by atoms with van der Waals surface area (Å²) in [6, 6.07) is 1.67. The van der Waals surface area contributed by atoms with E-state index < -0.39 is 0 Å². The third-order valence-corrected chi connectivity index (χ3v) is 2.72. The molecule has 1 N–H and O–H groups in total. The van der Waals surface area contributed by atoms with Gasteiger partial charge >= 0.3 is 0 Å². The Labute approximate surface area is 93.6 Å². The Balaban J connectivity index is 2.07. The van der Waals surface area contributed by atoms with Gasteiger partial charge in [0.05, 0.1) is 31.1 Å². The van der Waals surface area contributed by atoms with Crippen LogP contribution in [-0.2, 0) is 4.74 Å². The van der Waals surface area contributed by atoms with Crippen LogP contribution in [0.15, 0.2) is 16.7 Å². The molecule has 1 atom stereocenters. The van der Waals surface area contributed by atoms with E-state index >= 15 is 0 Å². The molecule has 1 amide bonds. The molecule has 0 aromatic carbocycles. The summed E-state index contributed by atoms with van der Waals surface area (Å²) >= 11 is 0. The van der Waals surface area contributed by atoms with Gasteiger partial charge in [0.2, 0.25) is 0 Å². The van der Waals surface area contributed by atoms with Gasteiger partial charge in [0.15, 0.2) is 0 Å². The minimum atomic E-state index is -0.273. The van der Waals surface area contributed by atoms with Gasteiger partial charge in [-0.3, -0.25) is 4.79 Å². The van der Waals surface area contributed by atoms with Crippen molar-refractivity contribution in [2.24, 2.45) is 0 Å². The minimum absolute atomic E-state index is 0.0614. The van der Waals surface area contributed by atoms with Crippen molar-refractivity contribution in [2.45, 2.75) is 13.0 Å². The zero-order chi connectivity index (χ0) is 11.5. The molecule has 1 aliphatic heterocycles. The fourth-order valence-corrected chi connectivity index (χ4v) is 1.79. The SMILES string of the molecule is Cc1occc1C(=O)N1CCOC(CO)C1. The minimum Gasteiger partial charge on any atom is -0.469 e. The van der Waals surface area contributed by atoms with Crippen LogP contribution < -0.4 is 0 Å². The summed E-state index contributed by atoms with van der Waals surface area (Å²) in [6.45, 7) is 3.15. The lowest BCUT2D eigenvalue weighted by atomic mass is 10.2. The van der Waals surface area contributed by atoms with Gasteiger partial charge in [-0.1, -0.05) is 0 Å². The van der Waals surface area contributed by atoms with Gasteiger partial charge in [-0.15, -0.1) is 0 Å². The van der Waals surface area contributed by atoms with Gasteiger partial charge in [-0.05, 0) is 13.0 Å². The maximum Gasteiger partial charge on any atom is 0.257 e. The van der Waals surface area contributed by atoms with Crippen LogP contribution in [0.1, 0.15) is 16.1 Å². The van der Waals surface area contributed by atoms with Crippen molar-refractivity contribution in [1.82, 2.24) is 4.90 Å². The highest BCUT2D eigenvalue weighted by atomic mass is 16.5. The second-order valence-electron chi connectivity index (χ2n) is 3.82. The molecule has 2 rings (SSSR count). The van der Waals surface area contributed by atoms with Crippen LogP contribution in [0.3, 0.4) is 0 Å². The van der Waals surface area contributed by atoms with Crippen LogP contribution in [0.4, 0.5) is 0 Å². The van der Waals surface area contributed by atoms with Crippen molar-refractivity contribution < 1.29 is 19.1 Å². The first kappa shape index (κ1) is 11.2. The van der Waals surface area contributed by atoms with Crippen LogP contribution >= 0.6 is 0 Å². The number of aryl methyl sites for hydroxylation is 1. The molecule has 1 fully saturated rings. The molecule has 0 spiro atoms. The highest BCUT2D eigenvalue weighted by molar-refractivity contribution is 5.95. The van der Waals surface area contributed by atoms with Gasteiger partial charge in [-0.25, -0.2) is 0 Å². The first-order chi connectivity index (χ1) is 7.72. The highest BCUT2D eigenvalue weighted by Crippen LogP contribution is 2.14. The molecule has 16 heavy (non-hydrogen) atoms. The first-order valence-corrected chi connectivity index (χ1v) is 5.28. The average molecular weight is 225 g/mol. The summed E-state index contributed by atoms with van der Waals surface area (Å²) in [4.78, 5) is 13.8. The summed E-state index contributed by atoms with van der Waals surface area (Å²) in [6.07, 6.45) is 1.23. The van der Waals surface area contributed by atoms with Crippen molar-refractivity contribution in [2.75, 3.05) is 26.3 Å². The predicted molar refractivity (Wildman–Crippen MR) is 56.2 cm³/mol. The van der Waals surface area contributed by atoms with Crippen LogP contribution in [0.5, 0.6) is 0 Å². The summed E-state index contributed by atoms with van der Waals surface area (Å²) < 4.78 is 10.4. The molecular formula is C11H15NO4. The maximum atomic E-state index is 12.1. The van der Waals surface area contributed by atoms with E-state index in [1.54, 1.807) is 17.9 Å². The average Bonchev–Trinajstić information content (AvgIpc) is 2.74. The smallest absolute Gasteiger partial charge is 0.257 e. The van der Waals surface area contributed by atoms with Gasteiger partial charge in [0.25, 0.3) is 5.91 Å². The van der Waals surface area contributed by atoms with E-state index in [1.165, 1.54) is 6.26 Å². The number of carbonyl (C=O) groups is 1. The van der Waals surface area contributed by atoms with Crippen LogP contribution in [0, 0.1) is 6.92 Å². The number of hydrogen-bond donors (Lipinski definition) is 1. The zero-order valence-electron chi connectivity index (χ0n) is 9.18. The molecule has 2 heterocycles. The lowest BCUT2D eigenvalue weighted by Gasteiger charge is -2.31. The largest absolute Gasteiger partial charge is 0.469 e. The molecule has 1 unspecified atom stereocenters. The molecule has 1 aliphatic rings. The topological polar surface area (TPSA) is 62.9 Å². The molecular weight excluding hydrogens is 210 g/mol. The summed E-state index contributed by atoms with van der Waals surface area (Å²) in [5.74, 6) is 0.560. The van der Waals surface area contributed by atoms with Gasteiger partial charge in [0.1, 0.15) is 5.76 Å². The Bertz CT molecular complexity index is 374. The van der Waals surface area contributed by atoms with E-state index in [1.807, 2.05) is 0 Å². The Morgan fingerprint density at radius 3 is 3.12 bits per heavy atom. The summed E-state index contributed by atoms with van der Waals surface area (Å²) in [5, 5.41) is 8.99. The molecule has 0 radical (unpaired) electrons. The molecule has 1 saturated heterocycles. The van der Waals surface area contributed by atoms with E-state index in [0.717, 1.165) is 0 Å². The number of carbonyl (C=O) groups excluding carboxylic acids is 1. The highest BCUT2D eigenvalue weighted by Gasteiger charge is 2.26. The second kappa shape index (κ2) is 4.67. The van der Waals surface area contributed by atoms with Crippen molar-refractivity contribution >= 4 is 5.91 Å². The van der Waals surface area contributed by atoms with Crippen molar-refractivity contribution in [3.8, 4) is 0 Å². The third-order valence-electron chi connectivity index (χ3n) is 2.72. The Kier molecular flexibility index (Phi) is 3.26. The molecule has 5 heteroatoms.